The molecule has 0 aromatic heterocycles. The maximum Gasteiger partial charge on any atom is 0.410 e. The molecule has 7 heteroatoms. The number of nitrogens with zero attached hydrogens (tertiary/aromatic N) is 1. The second-order valence-electron chi connectivity index (χ2n) is 6.46. The number of amides is 1. The summed E-state index contributed by atoms with van der Waals surface area (Å²) in [7, 11) is 1.80. The third-order valence-corrected chi connectivity index (χ3v) is 4.51. The Morgan fingerprint density at radius 3 is 2.16 bits per heavy atom. The zero-order valence-electron chi connectivity index (χ0n) is 11.9. The molecule has 0 radical (unpaired) electrons. The molecule has 1 rings (SSSR count). The van der Waals surface area contributed by atoms with Gasteiger partial charge in [0, 0.05) is 23.8 Å². The monoisotopic (exact) mass is 311 g/mol. The molecular formula is C12H22ClNO4S. The summed E-state index contributed by atoms with van der Waals surface area (Å²) in [5, 5.41) is 0. The molecule has 1 fully saturated rings. The number of carbonyl (C=O) groups is 1. The lowest BCUT2D eigenvalue weighted by Gasteiger charge is -2.39. The van der Waals surface area contributed by atoms with Crippen LogP contribution in [0.4, 0.5) is 4.79 Å². The quantitative estimate of drug-likeness (QED) is 0.735. The molecule has 1 saturated heterocycles. The summed E-state index contributed by atoms with van der Waals surface area (Å²) in [5.74, 6) is -0.0519. The summed E-state index contributed by atoms with van der Waals surface area (Å²) >= 11 is 0. The normalized spacial score (nSPS) is 20.2. The molecule has 0 aromatic carbocycles. The van der Waals surface area contributed by atoms with Crippen LogP contribution in [-0.2, 0) is 13.8 Å². The van der Waals surface area contributed by atoms with E-state index in [1.54, 1.807) is 4.90 Å². The minimum atomic E-state index is -3.51. The fourth-order valence-electron chi connectivity index (χ4n) is 2.12. The number of likely N-dealkylation sites (tertiary alicyclic amines) is 1. The number of ether oxygens (including phenoxy) is 1. The van der Waals surface area contributed by atoms with E-state index in [-0.39, 0.29) is 17.3 Å². The minimum Gasteiger partial charge on any atom is -0.444 e. The van der Waals surface area contributed by atoms with E-state index in [0.29, 0.717) is 25.9 Å². The zero-order chi connectivity index (χ0) is 14.9. The van der Waals surface area contributed by atoms with Crippen molar-refractivity contribution < 1.29 is 17.9 Å². The molecule has 0 N–H and O–H groups in total. The van der Waals surface area contributed by atoms with Crippen LogP contribution in [0.15, 0.2) is 0 Å². The van der Waals surface area contributed by atoms with Gasteiger partial charge in [0.25, 0.3) is 0 Å². The van der Waals surface area contributed by atoms with E-state index in [4.69, 9.17) is 15.4 Å². The van der Waals surface area contributed by atoms with Gasteiger partial charge in [0.2, 0.25) is 9.05 Å². The van der Waals surface area contributed by atoms with E-state index in [9.17, 15) is 13.2 Å². The third kappa shape index (κ3) is 5.99. The van der Waals surface area contributed by atoms with E-state index < -0.39 is 14.7 Å². The average molecular weight is 312 g/mol. The maximum atomic E-state index is 11.9. The number of hydrogen-bond donors (Lipinski definition) is 0. The van der Waals surface area contributed by atoms with Crippen LogP contribution in [0.1, 0.15) is 40.5 Å². The number of halogens is 1. The van der Waals surface area contributed by atoms with Crippen molar-refractivity contribution in [2.75, 3.05) is 18.8 Å². The fourth-order valence-corrected chi connectivity index (χ4v) is 4.03. The molecular weight excluding hydrogens is 290 g/mol. The Balaban J connectivity index is 2.55. The van der Waals surface area contributed by atoms with E-state index in [2.05, 4.69) is 0 Å². The second-order valence-corrected chi connectivity index (χ2v) is 9.24. The van der Waals surface area contributed by atoms with Crippen molar-refractivity contribution in [2.45, 2.75) is 46.1 Å². The molecule has 1 heterocycles. The molecule has 0 unspecified atom stereocenters. The van der Waals surface area contributed by atoms with Gasteiger partial charge < -0.3 is 9.64 Å². The molecule has 5 nitrogen and oxygen atoms in total. The topological polar surface area (TPSA) is 63.7 Å². The van der Waals surface area contributed by atoms with Crippen molar-refractivity contribution in [3.8, 4) is 0 Å². The highest BCUT2D eigenvalue weighted by molar-refractivity contribution is 8.13. The lowest BCUT2D eigenvalue weighted by Crippen LogP contribution is -2.45. The van der Waals surface area contributed by atoms with Crippen LogP contribution >= 0.6 is 10.7 Å². The number of hydrogen-bond acceptors (Lipinski definition) is 4. The van der Waals surface area contributed by atoms with E-state index in [1.807, 2.05) is 27.7 Å². The van der Waals surface area contributed by atoms with Gasteiger partial charge in [-0.05, 0) is 39.0 Å². The van der Waals surface area contributed by atoms with Crippen molar-refractivity contribution in [1.29, 1.82) is 0 Å². The Morgan fingerprint density at radius 1 is 1.32 bits per heavy atom. The predicted octanol–water partition coefficient (Wildman–Crippen LogP) is 2.59. The predicted molar refractivity (Wildman–Crippen MR) is 74.8 cm³/mol. The van der Waals surface area contributed by atoms with Crippen molar-refractivity contribution in [1.82, 2.24) is 4.90 Å². The molecule has 1 aliphatic rings. The van der Waals surface area contributed by atoms with Crippen LogP contribution in [0.2, 0.25) is 0 Å². The van der Waals surface area contributed by atoms with Crippen LogP contribution in [0.3, 0.4) is 0 Å². The summed E-state index contributed by atoms with van der Waals surface area (Å²) in [6, 6.07) is 0. The summed E-state index contributed by atoms with van der Waals surface area (Å²) < 4.78 is 27.6. The van der Waals surface area contributed by atoms with Crippen molar-refractivity contribution >= 4 is 25.8 Å². The van der Waals surface area contributed by atoms with Crippen molar-refractivity contribution in [3.05, 3.63) is 0 Å². The van der Waals surface area contributed by atoms with Gasteiger partial charge in [-0.15, -0.1) is 0 Å². The molecule has 112 valence electrons. The minimum absolute atomic E-state index is 0.0519. The van der Waals surface area contributed by atoms with Gasteiger partial charge >= 0.3 is 6.09 Å². The van der Waals surface area contributed by atoms with Crippen molar-refractivity contribution in [2.24, 2.45) is 5.41 Å². The maximum absolute atomic E-state index is 11.9. The molecule has 0 saturated carbocycles. The fraction of sp³-hybridized carbons (Fsp3) is 0.917. The van der Waals surface area contributed by atoms with Crippen molar-refractivity contribution in [3.63, 3.8) is 0 Å². The SMILES string of the molecule is CC1(CS(=O)(=O)Cl)CCN(C(=O)OC(C)(C)C)CC1. The average Bonchev–Trinajstić information content (AvgIpc) is 2.11. The smallest absolute Gasteiger partial charge is 0.410 e. The molecule has 1 aliphatic heterocycles. The van der Waals surface area contributed by atoms with Crippen LogP contribution in [0.5, 0.6) is 0 Å². The molecule has 1 amide bonds. The first-order chi connectivity index (χ1) is 8.40. The Hall–Kier alpha value is -0.490. The summed E-state index contributed by atoms with van der Waals surface area (Å²) in [6.45, 7) is 8.34. The largest absolute Gasteiger partial charge is 0.444 e. The first kappa shape index (κ1) is 16.6. The molecule has 0 aliphatic carbocycles. The van der Waals surface area contributed by atoms with Gasteiger partial charge in [-0.3, -0.25) is 0 Å². The van der Waals surface area contributed by atoms with Gasteiger partial charge in [0.15, 0.2) is 0 Å². The zero-order valence-corrected chi connectivity index (χ0v) is 13.5. The first-order valence-electron chi connectivity index (χ1n) is 6.31. The van der Waals surface area contributed by atoms with Crippen LogP contribution in [0, 0.1) is 5.41 Å². The Labute approximate surface area is 119 Å². The van der Waals surface area contributed by atoms with Gasteiger partial charge in [-0.25, -0.2) is 13.2 Å². The van der Waals surface area contributed by atoms with Gasteiger partial charge in [0.1, 0.15) is 5.60 Å². The molecule has 19 heavy (non-hydrogen) atoms. The number of carbonyl (C=O) groups excluding carboxylic acids is 1. The third-order valence-electron chi connectivity index (χ3n) is 3.14. The molecule has 0 spiro atoms. The standard InChI is InChI=1S/C12H22ClNO4S/c1-11(2,3)18-10(15)14-7-5-12(4,6-8-14)9-19(13,16)17/h5-9H2,1-4H3. The lowest BCUT2D eigenvalue weighted by molar-refractivity contribution is 0.0138. The Kier molecular flexibility index (Phi) is 4.78. The van der Waals surface area contributed by atoms with E-state index >= 15 is 0 Å². The van der Waals surface area contributed by atoms with Crippen LogP contribution in [0.25, 0.3) is 0 Å². The van der Waals surface area contributed by atoms with Crippen LogP contribution in [-0.4, -0.2) is 43.9 Å². The molecule has 0 atom stereocenters. The van der Waals surface area contributed by atoms with Gasteiger partial charge in [0.05, 0.1) is 5.75 Å². The number of rotatable bonds is 2. The Bertz CT molecular complexity index is 433. The lowest BCUT2D eigenvalue weighted by atomic mass is 9.82. The van der Waals surface area contributed by atoms with Crippen LogP contribution < -0.4 is 0 Å². The van der Waals surface area contributed by atoms with Gasteiger partial charge in [-0.2, -0.15) is 0 Å². The van der Waals surface area contributed by atoms with E-state index in [0.717, 1.165) is 0 Å². The summed E-state index contributed by atoms with van der Waals surface area (Å²) in [6.07, 6.45) is 0.874. The molecule has 0 bridgehead atoms. The highest BCUT2D eigenvalue weighted by Gasteiger charge is 2.36. The highest BCUT2D eigenvalue weighted by atomic mass is 35.7. The second kappa shape index (κ2) is 5.48. The van der Waals surface area contributed by atoms with Gasteiger partial charge in [-0.1, -0.05) is 6.92 Å². The summed E-state index contributed by atoms with van der Waals surface area (Å²) in [5.41, 5.74) is -0.879. The van der Waals surface area contributed by atoms with E-state index in [1.165, 1.54) is 0 Å². The first-order valence-corrected chi connectivity index (χ1v) is 8.78. The molecule has 0 aromatic rings. The Morgan fingerprint density at radius 2 is 1.79 bits per heavy atom. The summed E-state index contributed by atoms with van der Waals surface area (Å²) in [4.78, 5) is 13.5. The number of piperidine rings is 1. The highest BCUT2D eigenvalue weighted by Crippen LogP contribution is 2.33.